The molecule has 1 unspecified atom stereocenters. The van der Waals surface area contributed by atoms with E-state index in [4.69, 9.17) is 11.6 Å². The van der Waals surface area contributed by atoms with Crippen LogP contribution in [0.2, 0.25) is 4.34 Å². The Hall–Kier alpha value is -0.940. The number of thiophene rings is 1. The first kappa shape index (κ1) is 13.1. The quantitative estimate of drug-likeness (QED) is 0.943. The highest BCUT2D eigenvalue weighted by atomic mass is 35.5. The standard InChI is InChI=1S/C14H16ClN3S/c15-13-5-4-12(19-13)14(11-3-1-2-6-17-11)18-9-7-16-8-10-18/h1-6,14,16H,7-10H2. The lowest BCUT2D eigenvalue weighted by molar-refractivity contribution is 0.198. The van der Waals surface area contributed by atoms with E-state index in [0.717, 1.165) is 36.2 Å². The number of hydrogen-bond donors (Lipinski definition) is 1. The summed E-state index contributed by atoms with van der Waals surface area (Å²) in [7, 11) is 0. The minimum atomic E-state index is 0.223. The third kappa shape index (κ3) is 2.98. The lowest BCUT2D eigenvalue weighted by Crippen LogP contribution is -2.45. The largest absolute Gasteiger partial charge is 0.314 e. The summed E-state index contributed by atoms with van der Waals surface area (Å²) < 4.78 is 0.839. The molecule has 0 radical (unpaired) electrons. The van der Waals surface area contributed by atoms with E-state index < -0.39 is 0 Å². The fourth-order valence-electron chi connectivity index (χ4n) is 2.47. The van der Waals surface area contributed by atoms with Crippen molar-refractivity contribution in [2.45, 2.75) is 6.04 Å². The zero-order valence-corrected chi connectivity index (χ0v) is 12.1. The molecular formula is C14H16ClN3S. The third-order valence-electron chi connectivity index (χ3n) is 3.35. The van der Waals surface area contributed by atoms with E-state index in [1.807, 2.05) is 24.4 Å². The van der Waals surface area contributed by atoms with Crippen LogP contribution >= 0.6 is 22.9 Å². The fourth-order valence-corrected chi connectivity index (χ4v) is 3.68. The van der Waals surface area contributed by atoms with Crippen molar-refractivity contribution in [3.8, 4) is 0 Å². The van der Waals surface area contributed by atoms with E-state index in [9.17, 15) is 0 Å². The van der Waals surface area contributed by atoms with E-state index in [2.05, 4.69) is 27.3 Å². The first-order valence-electron chi connectivity index (χ1n) is 6.45. The maximum Gasteiger partial charge on any atom is 0.0931 e. The number of aromatic nitrogens is 1. The molecule has 1 fully saturated rings. The summed E-state index contributed by atoms with van der Waals surface area (Å²) in [5, 5.41) is 3.39. The van der Waals surface area contributed by atoms with Gasteiger partial charge in [0.15, 0.2) is 0 Å². The van der Waals surface area contributed by atoms with Gasteiger partial charge in [0, 0.05) is 37.3 Å². The molecule has 2 aromatic heterocycles. The number of nitrogens with zero attached hydrogens (tertiary/aromatic N) is 2. The third-order valence-corrected chi connectivity index (χ3v) is 4.63. The van der Waals surface area contributed by atoms with E-state index in [1.165, 1.54) is 4.88 Å². The van der Waals surface area contributed by atoms with Crippen LogP contribution < -0.4 is 5.32 Å². The maximum absolute atomic E-state index is 6.10. The SMILES string of the molecule is Clc1ccc(C(c2ccccn2)N2CCNCC2)s1. The van der Waals surface area contributed by atoms with Crippen molar-refractivity contribution < 1.29 is 0 Å². The Bertz CT molecular complexity index is 522. The Morgan fingerprint density at radius 1 is 1.21 bits per heavy atom. The second-order valence-corrected chi connectivity index (χ2v) is 6.33. The molecule has 5 heteroatoms. The molecule has 2 aromatic rings. The molecule has 1 aliphatic rings. The lowest BCUT2D eigenvalue weighted by Gasteiger charge is -2.34. The first-order valence-corrected chi connectivity index (χ1v) is 7.65. The normalized spacial score (nSPS) is 18.4. The minimum Gasteiger partial charge on any atom is -0.314 e. The number of nitrogens with one attached hydrogen (secondary N) is 1. The van der Waals surface area contributed by atoms with Gasteiger partial charge >= 0.3 is 0 Å². The number of rotatable bonds is 3. The van der Waals surface area contributed by atoms with Gasteiger partial charge in [-0.25, -0.2) is 0 Å². The Balaban J connectivity index is 1.95. The van der Waals surface area contributed by atoms with E-state index in [1.54, 1.807) is 11.3 Å². The first-order chi connectivity index (χ1) is 9.34. The molecule has 1 saturated heterocycles. The molecular weight excluding hydrogens is 278 g/mol. The van der Waals surface area contributed by atoms with Crippen molar-refractivity contribution in [1.82, 2.24) is 15.2 Å². The number of halogens is 1. The molecule has 0 spiro atoms. The van der Waals surface area contributed by atoms with Crippen molar-refractivity contribution in [3.05, 3.63) is 51.4 Å². The molecule has 0 saturated carbocycles. The molecule has 3 nitrogen and oxygen atoms in total. The van der Waals surface area contributed by atoms with Crippen molar-refractivity contribution >= 4 is 22.9 Å². The number of hydrogen-bond acceptors (Lipinski definition) is 4. The number of pyridine rings is 1. The summed E-state index contributed by atoms with van der Waals surface area (Å²) in [6.45, 7) is 4.14. The van der Waals surface area contributed by atoms with Crippen LogP contribution in [0.4, 0.5) is 0 Å². The smallest absolute Gasteiger partial charge is 0.0931 e. The van der Waals surface area contributed by atoms with Gasteiger partial charge in [0.2, 0.25) is 0 Å². The summed E-state index contributed by atoms with van der Waals surface area (Å²) in [6, 6.07) is 10.4. The van der Waals surface area contributed by atoms with E-state index in [-0.39, 0.29) is 6.04 Å². The highest BCUT2D eigenvalue weighted by Crippen LogP contribution is 2.34. The van der Waals surface area contributed by atoms with Gasteiger partial charge < -0.3 is 5.32 Å². The van der Waals surface area contributed by atoms with Crippen LogP contribution in [0.5, 0.6) is 0 Å². The van der Waals surface area contributed by atoms with Crippen molar-refractivity contribution in [2.75, 3.05) is 26.2 Å². The van der Waals surface area contributed by atoms with Gasteiger partial charge in [-0.1, -0.05) is 17.7 Å². The van der Waals surface area contributed by atoms with E-state index in [0.29, 0.717) is 0 Å². The topological polar surface area (TPSA) is 28.2 Å². The van der Waals surface area contributed by atoms with Crippen molar-refractivity contribution in [3.63, 3.8) is 0 Å². The average Bonchev–Trinajstić information content (AvgIpc) is 2.88. The molecule has 0 aromatic carbocycles. The molecule has 1 atom stereocenters. The van der Waals surface area contributed by atoms with Gasteiger partial charge in [-0.15, -0.1) is 11.3 Å². The summed E-state index contributed by atoms with van der Waals surface area (Å²) in [5.74, 6) is 0. The second-order valence-electron chi connectivity index (χ2n) is 4.58. The fraction of sp³-hybridized carbons (Fsp3) is 0.357. The monoisotopic (exact) mass is 293 g/mol. The Morgan fingerprint density at radius 2 is 2.05 bits per heavy atom. The van der Waals surface area contributed by atoms with Gasteiger partial charge in [-0.05, 0) is 24.3 Å². The summed E-state index contributed by atoms with van der Waals surface area (Å²) >= 11 is 7.75. The van der Waals surface area contributed by atoms with Crippen LogP contribution in [0.3, 0.4) is 0 Å². The highest BCUT2D eigenvalue weighted by Gasteiger charge is 2.25. The van der Waals surface area contributed by atoms with Gasteiger partial charge in [0.25, 0.3) is 0 Å². The minimum absolute atomic E-state index is 0.223. The Labute approximate surface area is 122 Å². The van der Waals surface area contributed by atoms with Gasteiger partial charge in [-0.2, -0.15) is 0 Å². The molecule has 3 heterocycles. The van der Waals surface area contributed by atoms with Gasteiger partial charge in [0.05, 0.1) is 16.1 Å². The zero-order chi connectivity index (χ0) is 13.1. The predicted octanol–water partition coefficient (Wildman–Crippen LogP) is 2.79. The van der Waals surface area contributed by atoms with Gasteiger partial charge in [-0.3, -0.25) is 9.88 Å². The van der Waals surface area contributed by atoms with E-state index >= 15 is 0 Å². The molecule has 19 heavy (non-hydrogen) atoms. The second kappa shape index (κ2) is 6.01. The molecule has 100 valence electrons. The van der Waals surface area contributed by atoms with Crippen LogP contribution in [-0.2, 0) is 0 Å². The average molecular weight is 294 g/mol. The lowest BCUT2D eigenvalue weighted by atomic mass is 10.1. The van der Waals surface area contributed by atoms with Gasteiger partial charge in [0.1, 0.15) is 0 Å². The summed E-state index contributed by atoms with van der Waals surface area (Å²) in [5.41, 5.74) is 1.10. The van der Waals surface area contributed by atoms with Crippen LogP contribution in [0.25, 0.3) is 0 Å². The summed E-state index contributed by atoms with van der Waals surface area (Å²) in [6.07, 6.45) is 1.86. The molecule has 1 aliphatic heterocycles. The predicted molar refractivity (Wildman–Crippen MR) is 79.9 cm³/mol. The molecule has 1 N–H and O–H groups in total. The maximum atomic E-state index is 6.10. The van der Waals surface area contributed by atoms with Crippen LogP contribution in [0.1, 0.15) is 16.6 Å². The van der Waals surface area contributed by atoms with Crippen molar-refractivity contribution in [2.24, 2.45) is 0 Å². The molecule has 0 amide bonds. The van der Waals surface area contributed by atoms with Crippen LogP contribution in [0.15, 0.2) is 36.5 Å². The van der Waals surface area contributed by atoms with Crippen LogP contribution in [-0.4, -0.2) is 36.1 Å². The number of piperazine rings is 1. The summed E-state index contributed by atoms with van der Waals surface area (Å²) in [4.78, 5) is 8.28. The Morgan fingerprint density at radius 3 is 2.68 bits per heavy atom. The molecule has 3 rings (SSSR count). The zero-order valence-electron chi connectivity index (χ0n) is 10.6. The molecule has 0 bridgehead atoms. The highest BCUT2D eigenvalue weighted by molar-refractivity contribution is 7.16. The van der Waals surface area contributed by atoms with Crippen molar-refractivity contribution in [1.29, 1.82) is 0 Å². The van der Waals surface area contributed by atoms with Crippen LogP contribution in [0, 0.1) is 0 Å². The molecule has 0 aliphatic carbocycles. The Kier molecular flexibility index (Phi) is 4.13.